The van der Waals surface area contributed by atoms with Gasteiger partial charge in [-0.15, -0.1) is 0 Å². The fraction of sp³-hybridized carbons (Fsp3) is 0.409. The van der Waals surface area contributed by atoms with E-state index in [1.807, 2.05) is 32.9 Å². The van der Waals surface area contributed by atoms with Crippen molar-refractivity contribution in [2.24, 2.45) is 0 Å². The molecule has 0 unspecified atom stereocenters. The first-order chi connectivity index (χ1) is 14.3. The minimum Gasteiger partial charge on any atom is -0.350 e. The number of nitrogens with zero attached hydrogens (tertiary/aromatic N) is 1. The predicted octanol–water partition coefficient (Wildman–Crippen LogP) is 3.13. The smallest absolute Gasteiger partial charge is 0.232 e. The van der Waals surface area contributed by atoms with E-state index >= 15 is 0 Å². The summed E-state index contributed by atoms with van der Waals surface area (Å²) >= 11 is 0. The van der Waals surface area contributed by atoms with Crippen LogP contribution in [0.2, 0.25) is 0 Å². The van der Waals surface area contributed by atoms with Gasteiger partial charge in [-0.3, -0.25) is 9.10 Å². The van der Waals surface area contributed by atoms with Gasteiger partial charge in [0.1, 0.15) is 0 Å². The van der Waals surface area contributed by atoms with Crippen LogP contribution in [0.3, 0.4) is 0 Å². The van der Waals surface area contributed by atoms with Crippen LogP contribution in [0, 0.1) is 13.8 Å². The maximum Gasteiger partial charge on any atom is 0.232 e. The predicted molar refractivity (Wildman–Crippen MR) is 123 cm³/mol. The molecule has 0 radical (unpaired) electrons. The molecule has 0 spiro atoms. The molecule has 0 bridgehead atoms. The molecule has 0 aromatic heterocycles. The van der Waals surface area contributed by atoms with Gasteiger partial charge in [0.05, 0.1) is 22.9 Å². The molecule has 0 aliphatic heterocycles. The molecule has 0 heterocycles. The van der Waals surface area contributed by atoms with E-state index in [0.717, 1.165) is 29.2 Å². The second-order valence-corrected chi connectivity index (χ2v) is 11.8. The molecule has 0 fully saturated rings. The van der Waals surface area contributed by atoms with E-state index in [-0.39, 0.29) is 29.8 Å². The molecule has 0 saturated carbocycles. The van der Waals surface area contributed by atoms with Crippen molar-refractivity contribution >= 4 is 31.5 Å². The molecule has 1 N–H and O–H groups in total. The Labute approximate surface area is 185 Å². The Bertz CT molecular complexity index is 1140. The number of carbonyl (C=O) groups is 1. The summed E-state index contributed by atoms with van der Waals surface area (Å²) in [6.07, 6.45) is 2.84. The highest BCUT2D eigenvalue weighted by Crippen LogP contribution is 2.22. The Morgan fingerprint density at radius 3 is 2.10 bits per heavy atom. The number of nitrogens with one attached hydrogen (secondary N) is 1. The number of benzene rings is 2. The standard InChI is InChI=1S/C22H30N2O5S2/c1-16-8-11-20(15-17(16)2)24(31(5,28)29)14-6-7-22(25)23-18(3)19-9-12-21(13-10-19)30(4,26)27/h8-13,15,18H,6-7,14H2,1-5H3,(H,23,25)/t18-/m0/s1. The van der Waals surface area contributed by atoms with Crippen molar-refractivity contribution in [3.63, 3.8) is 0 Å². The van der Waals surface area contributed by atoms with Crippen LogP contribution in [0.15, 0.2) is 47.4 Å². The molecule has 2 aromatic carbocycles. The van der Waals surface area contributed by atoms with Crippen molar-refractivity contribution in [1.29, 1.82) is 0 Å². The zero-order chi connectivity index (χ0) is 23.4. The van der Waals surface area contributed by atoms with Crippen molar-refractivity contribution in [2.75, 3.05) is 23.4 Å². The Kier molecular flexibility index (Phi) is 7.88. The minimum atomic E-state index is -3.48. The van der Waals surface area contributed by atoms with Gasteiger partial charge in [0, 0.05) is 19.2 Å². The van der Waals surface area contributed by atoms with Crippen LogP contribution >= 0.6 is 0 Å². The zero-order valence-corrected chi connectivity index (χ0v) is 20.2. The largest absolute Gasteiger partial charge is 0.350 e. The molecule has 7 nitrogen and oxygen atoms in total. The molecule has 1 amide bonds. The first-order valence-electron chi connectivity index (χ1n) is 9.93. The maximum atomic E-state index is 12.3. The average Bonchev–Trinajstić information content (AvgIpc) is 2.66. The summed E-state index contributed by atoms with van der Waals surface area (Å²) < 4.78 is 48.9. The molecule has 0 saturated heterocycles. The van der Waals surface area contributed by atoms with Gasteiger partial charge in [-0.05, 0) is 68.1 Å². The first-order valence-corrected chi connectivity index (χ1v) is 13.7. The molecule has 2 rings (SSSR count). The van der Waals surface area contributed by atoms with Crippen LogP contribution in [0.1, 0.15) is 42.5 Å². The SMILES string of the molecule is Cc1ccc(N(CCCC(=O)N[C@@H](C)c2ccc(S(C)(=O)=O)cc2)S(C)(=O)=O)cc1C. The lowest BCUT2D eigenvalue weighted by atomic mass is 10.1. The van der Waals surface area contributed by atoms with E-state index < -0.39 is 19.9 Å². The quantitative estimate of drug-likeness (QED) is 0.612. The summed E-state index contributed by atoms with van der Waals surface area (Å²) in [5, 5.41) is 2.87. The number of amides is 1. The van der Waals surface area contributed by atoms with Crippen molar-refractivity contribution in [3.05, 3.63) is 59.2 Å². The first kappa shape index (κ1) is 24.9. The van der Waals surface area contributed by atoms with Crippen LogP contribution in [0.25, 0.3) is 0 Å². The van der Waals surface area contributed by atoms with Crippen LogP contribution in [-0.4, -0.2) is 41.8 Å². The Morgan fingerprint density at radius 2 is 1.58 bits per heavy atom. The number of hydrogen-bond acceptors (Lipinski definition) is 5. The number of anilines is 1. The molecule has 170 valence electrons. The van der Waals surface area contributed by atoms with Crippen LogP contribution < -0.4 is 9.62 Å². The number of aryl methyl sites for hydroxylation is 2. The number of sulfone groups is 1. The molecule has 1 atom stereocenters. The third kappa shape index (κ3) is 7.07. The van der Waals surface area contributed by atoms with Crippen molar-refractivity contribution in [3.8, 4) is 0 Å². The fourth-order valence-corrected chi connectivity index (χ4v) is 4.74. The summed E-state index contributed by atoms with van der Waals surface area (Å²) in [5.74, 6) is -0.201. The highest BCUT2D eigenvalue weighted by molar-refractivity contribution is 7.92. The highest BCUT2D eigenvalue weighted by Gasteiger charge is 2.18. The van der Waals surface area contributed by atoms with E-state index in [9.17, 15) is 21.6 Å². The van der Waals surface area contributed by atoms with Crippen molar-refractivity contribution < 1.29 is 21.6 Å². The van der Waals surface area contributed by atoms with Crippen LogP contribution in [0.5, 0.6) is 0 Å². The van der Waals surface area contributed by atoms with E-state index in [0.29, 0.717) is 12.1 Å². The summed E-state index contributed by atoms with van der Waals surface area (Å²) in [7, 11) is -6.75. The van der Waals surface area contributed by atoms with Gasteiger partial charge in [0.2, 0.25) is 15.9 Å². The van der Waals surface area contributed by atoms with Crippen LogP contribution in [-0.2, 0) is 24.7 Å². The Hall–Kier alpha value is -2.39. The lowest BCUT2D eigenvalue weighted by Crippen LogP contribution is -2.32. The van der Waals surface area contributed by atoms with Gasteiger partial charge >= 0.3 is 0 Å². The number of carbonyl (C=O) groups excluding carboxylic acids is 1. The van der Waals surface area contributed by atoms with Gasteiger partial charge in [-0.25, -0.2) is 16.8 Å². The van der Waals surface area contributed by atoms with Gasteiger partial charge in [-0.2, -0.15) is 0 Å². The molecule has 2 aromatic rings. The van der Waals surface area contributed by atoms with Gasteiger partial charge in [0.25, 0.3) is 0 Å². The molecular formula is C22H30N2O5S2. The van der Waals surface area contributed by atoms with Crippen LogP contribution in [0.4, 0.5) is 5.69 Å². The fourth-order valence-electron chi connectivity index (χ4n) is 3.15. The summed E-state index contributed by atoms with van der Waals surface area (Å²) in [6.45, 7) is 5.90. The third-order valence-corrected chi connectivity index (χ3v) is 7.45. The number of hydrogen-bond donors (Lipinski definition) is 1. The molecular weight excluding hydrogens is 436 g/mol. The lowest BCUT2D eigenvalue weighted by molar-refractivity contribution is -0.121. The van der Waals surface area contributed by atoms with E-state index in [2.05, 4.69) is 5.32 Å². The second kappa shape index (κ2) is 9.82. The zero-order valence-electron chi connectivity index (χ0n) is 18.5. The van der Waals surface area contributed by atoms with E-state index in [4.69, 9.17) is 0 Å². The van der Waals surface area contributed by atoms with E-state index in [1.54, 1.807) is 18.2 Å². The molecule has 31 heavy (non-hydrogen) atoms. The topological polar surface area (TPSA) is 101 Å². The monoisotopic (exact) mass is 466 g/mol. The van der Waals surface area contributed by atoms with Gasteiger partial charge in [-0.1, -0.05) is 18.2 Å². The normalized spacial score (nSPS) is 12.9. The van der Waals surface area contributed by atoms with E-state index in [1.165, 1.54) is 16.4 Å². The van der Waals surface area contributed by atoms with Crippen molar-refractivity contribution in [2.45, 2.75) is 44.6 Å². The molecule has 9 heteroatoms. The molecule has 0 aliphatic rings. The maximum absolute atomic E-state index is 12.3. The number of rotatable bonds is 9. The Morgan fingerprint density at radius 1 is 0.968 bits per heavy atom. The second-order valence-electron chi connectivity index (χ2n) is 7.84. The summed E-state index contributed by atoms with van der Waals surface area (Å²) in [6, 6.07) is 11.6. The minimum absolute atomic E-state index is 0.169. The van der Waals surface area contributed by atoms with Gasteiger partial charge < -0.3 is 5.32 Å². The summed E-state index contributed by atoms with van der Waals surface area (Å²) in [5.41, 5.74) is 3.45. The van der Waals surface area contributed by atoms with Crippen molar-refractivity contribution in [1.82, 2.24) is 5.32 Å². The average molecular weight is 467 g/mol. The highest BCUT2D eigenvalue weighted by atomic mass is 32.2. The third-order valence-electron chi connectivity index (χ3n) is 5.13. The summed E-state index contributed by atoms with van der Waals surface area (Å²) in [4.78, 5) is 12.6. The Balaban J connectivity index is 1.96. The molecule has 0 aliphatic carbocycles. The number of sulfonamides is 1. The lowest BCUT2D eigenvalue weighted by Gasteiger charge is -2.23. The van der Waals surface area contributed by atoms with Gasteiger partial charge in [0.15, 0.2) is 9.84 Å².